The fourth-order valence-corrected chi connectivity index (χ4v) is 7.14. The molecule has 4 bridgehead atoms. The van der Waals surface area contributed by atoms with Crippen molar-refractivity contribution in [3.05, 3.63) is 166 Å². The summed E-state index contributed by atoms with van der Waals surface area (Å²) in [6.45, 7) is 0. The topological polar surface area (TPSA) is 44.0 Å². The van der Waals surface area contributed by atoms with Crippen LogP contribution in [-0.2, 0) is 35.2 Å². The first-order valence-electron chi connectivity index (χ1n) is 16.0. The molecule has 0 unspecified atom stereocenters. The second-order valence-electron chi connectivity index (χ2n) is 12.5. The summed E-state index contributed by atoms with van der Waals surface area (Å²) in [5.74, 6) is 0. The summed E-state index contributed by atoms with van der Waals surface area (Å²) < 4.78 is 3.42. The molecule has 0 aliphatic heterocycles. The number of hydrogen-bond acceptors (Lipinski definition) is 2. The smallest absolute Gasteiger partial charge is 0.349 e. The minimum Gasteiger partial charge on any atom is -0.349 e. The fourth-order valence-electron chi connectivity index (χ4n) is 7.14. The molecule has 0 aliphatic rings. The Labute approximate surface area is 295 Å². The molecule has 0 saturated carbocycles. The van der Waals surface area contributed by atoms with Crippen molar-refractivity contribution in [3.8, 4) is 0 Å². The predicted octanol–water partition coefficient (Wildman–Crippen LogP) is 9.59. The monoisotopic (exact) mass is 811 g/mol. The molecule has 234 valence electrons. The van der Waals surface area contributed by atoms with Crippen LogP contribution in [0, 0.1) is 12.1 Å². The van der Waals surface area contributed by atoms with Crippen LogP contribution < -0.4 is 11.1 Å². The Morgan fingerprint density at radius 2 is 0.735 bits per heavy atom. The number of benzene rings is 8. The summed E-state index contributed by atoms with van der Waals surface area (Å²) in [7, 11) is 3.63. The second-order valence-corrected chi connectivity index (χ2v) is 12.5. The number of hydrogen-bond donors (Lipinski definition) is 0. The summed E-state index contributed by atoms with van der Waals surface area (Å²) in [4.78, 5) is 29.3. The molecule has 0 radical (unpaired) electrons. The molecule has 1 aromatic heterocycles. The van der Waals surface area contributed by atoms with Crippen molar-refractivity contribution in [2.75, 3.05) is 0 Å². The Balaban J connectivity index is 0.00000348. The van der Waals surface area contributed by atoms with Gasteiger partial charge in [0.1, 0.15) is 0 Å². The molecule has 9 rings (SSSR count). The Bertz CT molecular complexity index is 2870. The minimum absolute atomic E-state index is 0. The van der Waals surface area contributed by atoms with Crippen LogP contribution >= 0.6 is 0 Å². The Morgan fingerprint density at radius 3 is 1.12 bits per heavy atom. The molecule has 0 spiro atoms. The fraction of sp³-hybridized carbons (Fsp3) is 0.0455. The first-order chi connectivity index (χ1) is 23.4. The summed E-state index contributed by atoms with van der Waals surface area (Å²) in [6, 6.07) is 51.6. The van der Waals surface area contributed by atoms with Gasteiger partial charge in [0.25, 0.3) is 0 Å². The number of aryl methyl sites for hydroxylation is 2. The van der Waals surface area contributed by atoms with Crippen LogP contribution in [0.1, 0.15) is 0 Å². The van der Waals surface area contributed by atoms with E-state index in [9.17, 15) is 9.59 Å². The van der Waals surface area contributed by atoms with Gasteiger partial charge in [0.05, 0.1) is 0 Å². The van der Waals surface area contributed by atoms with E-state index >= 15 is 0 Å². The maximum Gasteiger partial charge on any atom is 4.00 e. The minimum atomic E-state index is -0.178. The first kappa shape index (κ1) is 30.7. The van der Waals surface area contributed by atoms with Crippen LogP contribution in [-0.4, -0.2) is 9.13 Å². The Hall–Kier alpha value is -5.57. The standard InChI is InChI=1S/C44H28N2O2.Pt/c1-45-41-25-29-13-5-3-11-27(29)21-39(41)37-24-34(20-32-16-8-9-17-35(32)37)44(48)46(2)42-26-30-14-6-4-12-28(30)22-40(42)38-23-33(43(45)47)19-31-15-7-10-18-36(31)38;/h3-22,25-26H,1-2H3;/q-2;+4. The third kappa shape index (κ3) is 4.94. The van der Waals surface area contributed by atoms with Gasteiger partial charge in [-0.25, -0.2) is 0 Å². The van der Waals surface area contributed by atoms with Crippen molar-refractivity contribution in [3.63, 3.8) is 0 Å². The summed E-state index contributed by atoms with van der Waals surface area (Å²) in [5, 5.41) is 11.9. The van der Waals surface area contributed by atoms with Gasteiger partial charge in [-0.15, -0.1) is 35.0 Å². The van der Waals surface area contributed by atoms with Gasteiger partial charge in [-0.3, -0.25) is 0 Å². The molecule has 0 aliphatic carbocycles. The molecule has 9 aromatic rings. The summed E-state index contributed by atoms with van der Waals surface area (Å²) >= 11 is 0. The average Bonchev–Trinajstić information content (AvgIpc) is 3.14. The molecule has 5 heteroatoms. The predicted molar refractivity (Wildman–Crippen MR) is 201 cm³/mol. The normalized spacial score (nSPS) is 11.5. The van der Waals surface area contributed by atoms with Gasteiger partial charge in [0, 0.05) is 25.1 Å². The second kappa shape index (κ2) is 11.8. The largest absolute Gasteiger partial charge is 4.00 e. The average molecular weight is 812 g/mol. The molecule has 0 amide bonds. The van der Waals surface area contributed by atoms with Gasteiger partial charge in [-0.2, -0.15) is 0 Å². The van der Waals surface area contributed by atoms with E-state index in [4.69, 9.17) is 0 Å². The van der Waals surface area contributed by atoms with Crippen LogP contribution in [0.15, 0.2) is 143 Å². The van der Waals surface area contributed by atoms with Gasteiger partial charge >= 0.3 is 21.1 Å². The van der Waals surface area contributed by atoms with E-state index < -0.39 is 0 Å². The van der Waals surface area contributed by atoms with Gasteiger partial charge in [-0.05, 0) is 33.7 Å². The molecule has 1 heterocycles. The summed E-state index contributed by atoms with van der Waals surface area (Å²) in [6.07, 6.45) is 0. The van der Waals surface area contributed by atoms with Crippen LogP contribution in [0.2, 0.25) is 0 Å². The summed E-state index contributed by atoms with van der Waals surface area (Å²) in [5.41, 5.74) is 1.10. The zero-order valence-electron chi connectivity index (χ0n) is 26.7. The van der Waals surface area contributed by atoms with E-state index in [1.165, 1.54) is 0 Å². The molecule has 49 heavy (non-hydrogen) atoms. The van der Waals surface area contributed by atoms with E-state index in [0.717, 1.165) is 75.7 Å². The SMILES string of the molecule is Cn1c(=O)c2[c-]c(c3ccccc3c2)c2cc3ccccc3cc2n(C)c(=O)c2[c-]c(c3ccccc3c2)c2cc3ccccc3cc21.[Pt+4]. The Kier molecular flexibility index (Phi) is 7.43. The van der Waals surface area contributed by atoms with Gasteiger partial charge in [0.2, 0.25) is 0 Å². The van der Waals surface area contributed by atoms with Crippen molar-refractivity contribution >= 4 is 86.4 Å². The number of fused-ring (bicyclic) bond motifs is 14. The van der Waals surface area contributed by atoms with Crippen LogP contribution in [0.5, 0.6) is 0 Å². The van der Waals surface area contributed by atoms with Crippen molar-refractivity contribution < 1.29 is 21.1 Å². The molecule has 0 N–H and O–H groups in total. The maximum atomic E-state index is 14.7. The number of aromatic nitrogens is 2. The molecule has 0 atom stereocenters. The molecular formula is C44H28N2O2Pt+2. The van der Waals surface area contributed by atoms with Crippen molar-refractivity contribution in [2.45, 2.75) is 0 Å². The third-order valence-corrected chi connectivity index (χ3v) is 9.64. The molecule has 4 nitrogen and oxygen atoms in total. The van der Waals surface area contributed by atoms with Crippen molar-refractivity contribution in [1.29, 1.82) is 0 Å². The van der Waals surface area contributed by atoms with E-state index in [1.54, 1.807) is 9.13 Å². The third-order valence-electron chi connectivity index (χ3n) is 9.64. The van der Waals surface area contributed by atoms with Crippen molar-refractivity contribution in [1.82, 2.24) is 9.13 Å². The van der Waals surface area contributed by atoms with Crippen LogP contribution in [0.3, 0.4) is 0 Å². The molecular weight excluding hydrogens is 784 g/mol. The van der Waals surface area contributed by atoms with Crippen LogP contribution in [0.25, 0.3) is 86.4 Å². The van der Waals surface area contributed by atoms with E-state index in [0.29, 0.717) is 10.8 Å². The zero-order chi connectivity index (χ0) is 32.5. The molecule has 0 saturated heterocycles. The Morgan fingerprint density at radius 1 is 0.408 bits per heavy atom. The van der Waals surface area contributed by atoms with Gasteiger partial charge in [0.15, 0.2) is 11.1 Å². The van der Waals surface area contributed by atoms with E-state index in [-0.39, 0.29) is 32.2 Å². The van der Waals surface area contributed by atoms with Gasteiger partial charge < -0.3 is 18.7 Å². The zero-order valence-corrected chi connectivity index (χ0v) is 29.0. The van der Waals surface area contributed by atoms with E-state index in [2.05, 4.69) is 60.7 Å². The van der Waals surface area contributed by atoms with Crippen LogP contribution in [0.4, 0.5) is 0 Å². The first-order valence-corrected chi connectivity index (χ1v) is 16.0. The molecule has 0 fully saturated rings. The maximum absolute atomic E-state index is 14.7. The van der Waals surface area contributed by atoms with Crippen molar-refractivity contribution in [2.24, 2.45) is 14.1 Å². The van der Waals surface area contributed by atoms with E-state index in [1.807, 2.05) is 99.0 Å². The molecule has 8 aromatic carbocycles. The van der Waals surface area contributed by atoms with Gasteiger partial charge in [-0.1, -0.05) is 152 Å². The number of nitrogens with zero attached hydrogens (tertiary/aromatic N) is 2. The number of rotatable bonds is 0. The quantitative estimate of drug-likeness (QED) is 0.143.